The largest absolute Gasteiger partial charge is 0.497 e. The molecule has 5 nitrogen and oxygen atoms in total. The van der Waals surface area contributed by atoms with Gasteiger partial charge in [-0.2, -0.15) is 0 Å². The maximum Gasteiger partial charge on any atom is 0.224 e. The predicted octanol–water partition coefficient (Wildman–Crippen LogP) is 4.44. The summed E-state index contributed by atoms with van der Waals surface area (Å²) in [5.41, 5.74) is 0.297. The molecule has 0 unspecified atom stereocenters. The van der Waals surface area contributed by atoms with Crippen molar-refractivity contribution >= 4 is 5.78 Å². The number of halogens is 3. The third-order valence-electron chi connectivity index (χ3n) is 4.87. The Hall–Kier alpha value is -3.16. The summed E-state index contributed by atoms with van der Waals surface area (Å²) < 4.78 is 45.9. The van der Waals surface area contributed by atoms with Gasteiger partial charge in [0.05, 0.1) is 13.0 Å². The molecule has 1 aliphatic rings. The fraction of sp³-hybridized carbons (Fsp3) is 0.250. The molecule has 0 saturated heterocycles. The average Bonchev–Trinajstić information content (AvgIpc) is 2.70. The lowest BCUT2D eigenvalue weighted by Crippen LogP contribution is -2.32. The number of nitrogens with zero attached hydrogens (tertiary/aromatic N) is 1. The topological polar surface area (TPSA) is 69.4 Å². The van der Waals surface area contributed by atoms with Gasteiger partial charge in [-0.25, -0.2) is 13.2 Å². The van der Waals surface area contributed by atoms with Crippen molar-refractivity contribution in [2.75, 3.05) is 7.11 Å². The van der Waals surface area contributed by atoms with Gasteiger partial charge in [0, 0.05) is 34.1 Å². The fourth-order valence-electron chi connectivity index (χ4n) is 3.37. The minimum Gasteiger partial charge on any atom is -0.497 e. The smallest absolute Gasteiger partial charge is 0.224 e. The van der Waals surface area contributed by atoms with Crippen LogP contribution in [0.5, 0.6) is 5.75 Å². The molecule has 2 atom stereocenters. The van der Waals surface area contributed by atoms with Gasteiger partial charge in [-0.3, -0.25) is 14.9 Å². The van der Waals surface area contributed by atoms with E-state index in [1.165, 1.54) is 13.2 Å². The molecular formula is C20H16F3NO4. The number of benzene rings is 2. The van der Waals surface area contributed by atoms with E-state index in [1.54, 1.807) is 24.3 Å². The molecule has 0 bridgehead atoms. The van der Waals surface area contributed by atoms with Crippen molar-refractivity contribution in [1.82, 2.24) is 0 Å². The Morgan fingerprint density at radius 1 is 1.11 bits per heavy atom. The number of rotatable bonds is 5. The number of hydrogen-bond donors (Lipinski definition) is 0. The van der Waals surface area contributed by atoms with E-state index in [-0.39, 0.29) is 29.8 Å². The summed E-state index contributed by atoms with van der Waals surface area (Å²) in [6, 6.07) is 5.98. The van der Waals surface area contributed by atoms with E-state index in [1.807, 2.05) is 0 Å². The van der Waals surface area contributed by atoms with Crippen LogP contribution in [0.4, 0.5) is 13.2 Å². The Labute approximate surface area is 158 Å². The Kier molecular flexibility index (Phi) is 5.48. The summed E-state index contributed by atoms with van der Waals surface area (Å²) in [4.78, 5) is 23.6. The van der Waals surface area contributed by atoms with Crippen LogP contribution in [0.25, 0.3) is 0 Å². The van der Waals surface area contributed by atoms with Gasteiger partial charge in [-0.05, 0) is 36.8 Å². The summed E-state index contributed by atoms with van der Waals surface area (Å²) in [7, 11) is 1.49. The molecule has 0 saturated carbocycles. The lowest BCUT2D eigenvalue weighted by Gasteiger charge is -2.26. The maximum absolute atomic E-state index is 14.1. The highest BCUT2D eigenvalue weighted by Crippen LogP contribution is 2.37. The van der Waals surface area contributed by atoms with Gasteiger partial charge in [-0.15, -0.1) is 0 Å². The summed E-state index contributed by atoms with van der Waals surface area (Å²) in [5, 5.41) is 11.5. The second kappa shape index (κ2) is 7.84. The first kappa shape index (κ1) is 19.6. The van der Waals surface area contributed by atoms with Gasteiger partial charge in [-0.1, -0.05) is 6.08 Å². The molecule has 0 fully saturated rings. The number of ether oxygens (including phenoxy) is 1. The van der Waals surface area contributed by atoms with E-state index >= 15 is 0 Å². The lowest BCUT2D eigenvalue weighted by atomic mass is 9.79. The van der Waals surface area contributed by atoms with Crippen molar-refractivity contribution in [1.29, 1.82) is 0 Å². The third-order valence-corrected chi connectivity index (χ3v) is 4.87. The summed E-state index contributed by atoms with van der Waals surface area (Å²) in [6.07, 6.45) is 1.23. The van der Waals surface area contributed by atoms with Gasteiger partial charge >= 0.3 is 0 Å². The first-order chi connectivity index (χ1) is 13.3. The number of ketones is 1. The number of nitro groups is 1. The Bertz CT molecular complexity index is 957. The molecule has 0 heterocycles. The first-order valence-corrected chi connectivity index (χ1v) is 8.47. The molecule has 0 aliphatic heterocycles. The normalized spacial score (nSPS) is 19.1. The second-order valence-electron chi connectivity index (χ2n) is 6.47. The van der Waals surface area contributed by atoms with Crippen LogP contribution in [0.1, 0.15) is 34.7 Å². The molecule has 2 aromatic rings. The van der Waals surface area contributed by atoms with E-state index in [4.69, 9.17) is 4.74 Å². The molecule has 28 heavy (non-hydrogen) atoms. The zero-order chi connectivity index (χ0) is 20.4. The minimum absolute atomic E-state index is 0.0368. The summed E-state index contributed by atoms with van der Waals surface area (Å²) >= 11 is 0. The number of methoxy groups -OCH3 is 1. The van der Waals surface area contributed by atoms with Crippen LogP contribution >= 0.6 is 0 Å². The van der Waals surface area contributed by atoms with Crippen LogP contribution in [0.2, 0.25) is 0 Å². The van der Waals surface area contributed by atoms with Crippen LogP contribution < -0.4 is 4.74 Å². The first-order valence-electron chi connectivity index (χ1n) is 8.47. The highest BCUT2D eigenvalue weighted by atomic mass is 19.2. The van der Waals surface area contributed by atoms with E-state index < -0.39 is 34.3 Å². The van der Waals surface area contributed by atoms with Crippen LogP contribution in [0, 0.1) is 27.6 Å². The SMILES string of the molecule is COc1ccc(C(=O)C2=CC[C@H](c3cc(F)c(F)cc3F)[C@@H]([N+](=O)[O-])C2)cc1. The van der Waals surface area contributed by atoms with E-state index in [9.17, 15) is 28.1 Å². The molecule has 146 valence electrons. The van der Waals surface area contributed by atoms with Crippen molar-refractivity contribution in [2.45, 2.75) is 24.8 Å². The minimum atomic E-state index is -1.36. The number of Topliss-reactive ketones (excluding diaryl/α,β-unsaturated/α-hetero) is 1. The molecule has 2 aromatic carbocycles. The summed E-state index contributed by atoms with van der Waals surface area (Å²) in [5.74, 6) is -4.50. The van der Waals surface area contributed by atoms with Crippen LogP contribution in [0.3, 0.4) is 0 Å². The Morgan fingerprint density at radius 3 is 2.36 bits per heavy atom. The van der Waals surface area contributed by atoms with Crippen molar-refractivity contribution in [3.05, 3.63) is 86.7 Å². The molecule has 0 spiro atoms. The zero-order valence-corrected chi connectivity index (χ0v) is 14.8. The monoisotopic (exact) mass is 391 g/mol. The number of allylic oxidation sites excluding steroid dienone is 1. The quantitative estimate of drug-likeness (QED) is 0.327. The molecule has 1 aliphatic carbocycles. The van der Waals surface area contributed by atoms with E-state index in [0.29, 0.717) is 23.4 Å². The van der Waals surface area contributed by atoms with Crippen LogP contribution in [0.15, 0.2) is 48.0 Å². The van der Waals surface area contributed by atoms with E-state index in [0.717, 1.165) is 0 Å². The highest BCUT2D eigenvalue weighted by Gasteiger charge is 2.39. The van der Waals surface area contributed by atoms with Crippen molar-refractivity contribution in [2.24, 2.45) is 0 Å². The van der Waals surface area contributed by atoms with Gasteiger partial charge in [0.2, 0.25) is 6.04 Å². The Morgan fingerprint density at radius 2 is 1.75 bits per heavy atom. The fourth-order valence-corrected chi connectivity index (χ4v) is 3.37. The zero-order valence-electron chi connectivity index (χ0n) is 14.8. The van der Waals surface area contributed by atoms with Crippen molar-refractivity contribution in [3.63, 3.8) is 0 Å². The molecular weight excluding hydrogens is 375 g/mol. The van der Waals surface area contributed by atoms with Gasteiger partial charge in [0.25, 0.3) is 0 Å². The molecule has 3 rings (SSSR count). The predicted molar refractivity (Wildman–Crippen MR) is 94.5 cm³/mol. The van der Waals surface area contributed by atoms with Gasteiger partial charge in [0.15, 0.2) is 17.4 Å². The molecule has 0 N–H and O–H groups in total. The highest BCUT2D eigenvalue weighted by molar-refractivity contribution is 6.08. The van der Waals surface area contributed by atoms with Crippen molar-refractivity contribution in [3.8, 4) is 5.75 Å². The van der Waals surface area contributed by atoms with Gasteiger partial charge < -0.3 is 4.74 Å². The molecule has 0 radical (unpaired) electrons. The Balaban J connectivity index is 1.91. The third kappa shape index (κ3) is 3.76. The molecule has 0 aromatic heterocycles. The van der Waals surface area contributed by atoms with Crippen LogP contribution in [-0.2, 0) is 0 Å². The van der Waals surface area contributed by atoms with E-state index in [2.05, 4.69) is 0 Å². The van der Waals surface area contributed by atoms with Gasteiger partial charge in [0.1, 0.15) is 11.6 Å². The molecule has 0 amide bonds. The maximum atomic E-state index is 14.1. The lowest BCUT2D eigenvalue weighted by molar-refractivity contribution is -0.526. The standard InChI is InChI=1S/C20H16F3NO4/c1-28-13-5-2-11(3-6-13)20(25)12-4-7-14(19(8-12)24(26)27)15-9-17(22)18(23)10-16(15)21/h2-6,9-10,14,19H,7-8H2,1H3/t14-,19+/m1/s1. The second-order valence-corrected chi connectivity index (χ2v) is 6.47. The summed E-state index contributed by atoms with van der Waals surface area (Å²) in [6.45, 7) is 0. The average molecular weight is 391 g/mol. The molecule has 8 heteroatoms. The number of carbonyl (C=O) groups excluding carboxylic acids is 1. The van der Waals surface area contributed by atoms with Crippen molar-refractivity contribution < 1.29 is 27.6 Å². The number of carbonyl (C=O) groups is 1. The number of hydrogen-bond acceptors (Lipinski definition) is 4. The van der Waals surface area contributed by atoms with Crippen LogP contribution in [-0.4, -0.2) is 23.9 Å².